The van der Waals surface area contributed by atoms with E-state index < -0.39 is 5.97 Å². The molecule has 0 aromatic carbocycles. The zero-order valence-corrected chi connectivity index (χ0v) is 12.2. The summed E-state index contributed by atoms with van der Waals surface area (Å²) in [5.41, 5.74) is 0.703. The van der Waals surface area contributed by atoms with E-state index in [1.54, 1.807) is 32.0 Å². The van der Waals surface area contributed by atoms with Crippen molar-refractivity contribution in [2.24, 2.45) is 14.1 Å². The average molecular weight is 327 g/mol. The molecule has 2 rings (SSSR count). The summed E-state index contributed by atoms with van der Waals surface area (Å²) in [7, 11) is 6.38. The number of aromatic carboxylic acids is 1. The summed E-state index contributed by atoms with van der Waals surface area (Å²) in [5.74, 6) is -1.16. The number of carboxylic acid groups (broad SMARTS) is 1. The summed E-state index contributed by atoms with van der Waals surface area (Å²) in [6.45, 7) is 0. The normalized spacial score (nSPS) is 8.87. The number of hydrogen-bond donors (Lipinski definition) is 1. The molecule has 23 heavy (non-hydrogen) atoms. The number of aryl methyl sites for hydroxylation is 2. The summed E-state index contributed by atoms with van der Waals surface area (Å²) in [5, 5.41) is 9.54. The van der Waals surface area contributed by atoms with Gasteiger partial charge in [0.05, 0.1) is 32.2 Å². The lowest BCUT2D eigenvalue weighted by molar-refractivity contribution is -0.0762. The number of hydroxylamine groups is 2. The van der Waals surface area contributed by atoms with Gasteiger partial charge in [-0.25, -0.2) is 19.8 Å². The highest BCUT2D eigenvalue weighted by Gasteiger charge is 2.13. The minimum Gasteiger partial charge on any atom is -0.477 e. The van der Waals surface area contributed by atoms with Crippen molar-refractivity contribution in [3.63, 3.8) is 0 Å². The molecule has 0 fully saturated rings. The van der Waals surface area contributed by atoms with Gasteiger partial charge in [0.2, 0.25) is 0 Å². The SMILES string of the molecule is C.C.CON(C)C(=O)c1cncn1C.Cn1cncc1C(=O)O. The average Bonchev–Trinajstić information content (AvgIpc) is 3.06. The Kier molecular flexibility index (Phi) is 9.94. The fourth-order valence-corrected chi connectivity index (χ4v) is 1.37. The maximum atomic E-state index is 11.4. The first-order valence-electron chi connectivity index (χ1n) is 5.86. The number of rotatable bonds is 3. The molecule has 0 aliphatic rings. The first-order valence-corrected chi connectivity index (χ1v) is 5.86. The predicted molar refractivity (Wildman–Crippen MR) is 85.9 cm³/mol. The van der Waals surface area contributed by atoms with Gasteiger partial charge in [-0.3, -0.25) is 9.63 Å². The molecule has 0 aliphatic heterocycles. The minimum absolute atomic E-state index is 0. The number of carboxylic acids is 1. The summed E-state index contributed by atoms with van der Waals surface area (Å²) in [6, 6.07) is 0. The van der Waals surface area contributed by atoms with E-state index in [4.69, 9.17) is 9.94 Å². The van der Waals surface area contributed by atoms with Crippen LogP contribution in [0.2, 0.25) is 0 Å². The molecule has 0 saturated heterocycles. The number of carbonyl (C=O) groups is 2. The smallest absolute Gasteiger partial charge is 0.354 e. The lowest BCUT2D eigenvalue weighted by atomic mass is 10.4. The van der Waals surface area contributed by atoms with E-state index in [2.05, 4.69) is 9.97 Å². The van der Waals surface area contributed by atoms with Crippen molar-refractivity contribution in [1.29, 1.82) is 0 Å². The molecule has 2 heterocycles. The maximum Gasteiger partial charge on any atom is 0.354 e. The second-order valence-corrected chi connectivity index (χ2v) is 4.07. The number of imidazole rings is 2. The number of carbonyl (C=O) groups excluding carboxylic acids is 1. The van der Waals surface area contributed by atoms with Crippen LogP contribution >= 0.6 is 0 Å². The molecule has 9 heteroatoms. The van der Waals surface area contributed by atoms with Gasteiger partial charge in [-0.15, -0.1) is 0 Å². The molecule has 0 unspecified atom stereocenters. The Morgan fingerprint density at radius 3 is 1.78 bits per heavy atom. The molecular formula is C14H25N5O4. The first kappa shape index (κ1) is 22.6. The standard InChI is InChI=1S/C7H11N3O2.C5H6N2O2.2CH4/c1-9-5-8-4-6(9)7(11)10(2)12-3;1-7-3-6-2-4(7)5(8)9;;/h4-5H,1-3H3;2-3H,1H3,(H,8,9);2*1H4. The van der Waals surface area contributed by atoms with Gasteiger partial charge in [0.15, 0.2) is 0 Å². The molecule has 2 aromatic rings. The summed E-state index contributed by atoms with van der Waals surface area (Å²) in [6.07, 6.45) is 5.82. The molecule has 0 radical (unpaired) electrons. The van der Waals surface area contributed by atoms with Crippen molar-refractivity contribution in [2.75, 3.05) is 14.2 Å². The van der Waals surface area contributed by atoms with E-state index in [9.17, 15) is 9.59 Å². The molecular weight excluding hydrogens is 302 g/mol. The van der Waals surface area contributed by atoms with Crippen LogP contribution in [0.25, 0.3) is 0 Å². The first-order chi connectivity index (χ1) is 9.88. The fraction of sp³-hybridized carbons (Fsp3) is 0.429. The fourth-order valence-electron chi connectivity index (χ4n) is 1.37. The van der Waals surface area contributed by atoms with Crippen molar-refractivity contribution in [2.45, 2.75) is 14.9 Å². The Hall–Kier alpha value is -2.68. The van der Waals surface area contributed by atoms with Gasteiger partial charge >= 0.3 is 5.97 Å². The summed E-state index contributed by atoms with van der Waals surface area (Å²) >= 11 is 0. The Labute approximate surface area is 136 Å². The van der Waals surface area contributed by atoms with E-state index in [0.29, 0.717) is 5.69 Å². The van der Waals surface area contributed by atoms with Crippen LogP contribution in [0, 0.1) is 0 Å². The third kappa shape index (κ3) is 5.91. The van der Waals surface area contributed by atoms with Crippen molar-refractivity contribution < 1.29 is 19.5 Å². The van der Waals surface area contributed by atoms with Gasteiger partial charge in [-0.05, 0) is 0 Å². The topological polar surface area (TPSA) is 102 Å². The summed E-state index contributed by atoms with van der Waals surface area (Å²) < 4.78 is 3.08. The van der Waals surface area contributed by atoms with Crippen LogP contribution in [0.4, 0.5) is 0 Å². The third-order valence-electron chi connectivity index (χ3n) is 2.63. The van der Waals surface area contributed by atoms with Crippen LogP contribution in [-0.4, -0.2) is 55.3 Å². The molecule has 0 aliphatic carbocycles. The quantitative estimate of drug-likeness (QED) is 0.856. The number of aromatic nitrogens is 4. The Bertz CT molecular complexity index is 620. The molecule has 1 amide bonds. The Morgan fingerprint density at radius 1 is 1.09 bits per heavy atom. The highest BCUT2D eigenvalue weighted by molar-refractivity contribution is 5.91. The van der Waals surface area contributed by atoms with Gasteiger partial charge in [0.1, 0.15) is 11.4 Å². The minimum atomic E-state index is -0.949. The van der Waals surface area contributed by atoms with Crippen molar-refractivity contribution in [3.05, 3.63) is 36.4 Å². The molecule has 0 atom stereocenters. The second-order valence-electron chi connectivity index (χ2n) is 4.07. The van der Waals surface area contributed by atoms with Crippen LogP contribution in [0.3, 0.4) is 0 Å². The molecule has 0 spiro atoms. The van der Waals surface area contributed by atoms with Crippen molar-refractivity contribution in [3.8, 4) is 0 Å². The van der Waals surface area contributed by atoms with Crippen molar-refractivity contribution >= 4 is 11.9 Å². The molecule has 0 saturated carbocycles. The molecule has 9 nitrogen and oxygen atoms in total. The lowest BCUT2D eigenvalue weighted by Crippen LogP contribution is -2.26. The third-order valence-corrected chi connectivity index (χ3v) is 2.63. The highest BCUT2D eigenvalue weighted by atomic mass is 16.7. The Balaban J connectivity index is 0. The van der Waals surface area contributed by atoms with Gasteiger partial charge in [0.25, 0.3) is 5.91 Å². The molecule has 130 valence electrons. The summed E-state index contributed by atoms with van der Waals surface area (Å²) in [4.78, 5) is 33.8. The molecule has 1 N–H and O–H groups in total. The van der Waals surface area contributed by atoms with E-state index in [1.807, 2.05) is 0 Å². The van der Waals surface area contributed by atoms with Crippen molar-refractivity contribution in [1.82, 2.24) is 24.2 Å². The van der Waals surface area contributed by atoms with Crippen LogP contribution < -0.4 is 0 Å². The van der Waals surface area contributed by atoms with E-state index >= 15 is 0 Å². The van der Waals surface area contributed by atoms with Crippen LogP contribution in [-0.2, 0) is 18.9 Å². The number of nitrogens with zero attached hydrogens (tertiary/aromatic N) is 5. The van der Waals surface area contributed by atoms with Gasteiger partial charge in [0, 0.05) is 21.1 Å². The number of hydrogen-bond acceptors (Lipinski definition) is 5. The van der Waals surface area contributed by atoms with Gasteiger partial charge in [-0.1, -0.05) is 14.9 Å². The number of amides is 1. The largest absolute Gasteiger partial charge is 0.477 e. The van der Waals surface area contributed by atoms with Gasteiger partial charge in [-0.2, -0.15) is 0 Å². The lowest BCUT2D eigenvalue weighted by Gasteiger charge is -2.12. The highest BCUT2D eigenvalue weighted by Crippen LogP contribution is 2.00. The van der Waals surface area contributed by atoms with Crippen LogP contribution in [0.5, 0.6) is 0 Å². The Morgan fingerprint density at radius 2 is 1.52 bits per heavy atom. The zero-order chi connectivity index (χ0) is 16.0. The van der Waals surface area contributed by atoms with E-state index in [1.165, 1.54) is 30.4 Å². The monoisotopic (exact) mass is 327 g/mol. The predicted octanol–water partition coefficient (Wildman–Crippen LogP) is 1.44. The van der Waals surface area contributed by atoms with Crippen LogP contribution in [0.15, 0.2) is 25.0 Å². The van der Waals surface area contributed by atoms with E-state index in [0.717, 1.165) is 5.06 Å². The maximum absolute atomic E-state index is 11.4. The van der Waals surface area contributed by atoms with Crippen LogP contribution in [0.1, 0.15) is 35.8 Å². The zero-order valence-electron chi connectivity index (χ0n) is 12.2. The molecule has 2 aromatic heterocycles. The van der Waals surface area contributed by atoms with Gasteiger partial charge < -0.3 is 14.2 Å². The molecule has 0 bridgehead atoms. The second kappa shape index (κ2) is 10.1. The van der Waals surface area contributed by atoms with E-state index in [-0.39, 0.29) is 26.5 Å².